The lowest BCUT2D eigenvalue weighted by Gasteiger charge is -2.18. The van der Waals surface area contributed by atoms with Gasteiger partial charge in [-0.3, -0.25) is 9.78 Å². The molecule has 0 aliphatic carbocycles. The summed E-state index contributed by atoms with van der Waals surface area (Å²) in [6.45, 7) is 7.05. The van der Waals surface area contributed by atoms with E-state index in [1.54, 1.807) is 6.20 Å². The van der Waals surface area contributed by atoms with Crippen LogP contribution in [0.15, 0.2) is 18.3 Å². The third-order valence-corrected chi connectivity index (χ3v) is 3.27. The Balaban J connectivity index is 2.38. The van der Waals surface area contributed by atoms with Crippen LogP contribution < -0.4 is 5.32 Å². The fourth-order valence-corrected chi connectivity index (χ4v) is 2.26. The highest BCUT2D eigenvalue weighted by atomic mass is 16.3. The maximum absolute atomic E-state index is 11.9. The van der Waals surface area contributed by atoms with Gasteiger partial charge in [0.05, 0.1) is 6.42 Å². The summed E-state index contributed by atoms with van der Waals surface area (Å²) in [5.74, 6) is 0.937. The van der Waals surface area contributed by atoms with Gasteiger partial charge >= 0.3 is 0 Å². The quantitative estimate of drug-likeness (QED) is 0.765. The molecule has 20 heavy (non-hydrogen) atoms. The van der Waals surface area contributed by atoms with Crippen LogP contribution >= 0.6 is 0 Å². The fourth-order valence-electron chi connectivity index (χ4n) is 2.26. The Kier molecular flexibility index (Phi) is 7.23. The highest BCUT2D eigenvalue weighted by molar-refractivity contribution is 5.78. The van der Waals surface area contributed by atoms with Crippen LogP contribution in [-0.4, -0.2) is 29.1 Å². The number of nitrogens with zero attached hydrogens (tertiary/aromatic N) is 1. The molecule has 1 unspecified atom stereocenters. The van der Waals surface area contributed by atoms with Gasteiger partial charge in [-0.2, -0.15) is 0 Å². The minimum absolute atomic E-state index is 0.0161. The van der Waals surface area contributed by atoms with Crippen LogP contribution in [0.25, 0.3) is 0 Å². The minimum Gasteiger partial charge on any atom is -0.396 e. The standard InChI is InChI=1S/C16H26N2O2/c1-12(2)8-15(6-7-19)11-18-16(20)9-14-5-4-13(3)17-10-14/h4-5,10,12,15,19H,6-9,11H2,1-3H3,(H,18,20). The van der Waals surface area contributed by atoms with E-state index in [2.05, 4.69) is 24.1 Å². The topological polar surface area (TPSA) is 62.2 Å². The number of hydrogen-bond donors (Lipinski definition) is 2. The van der Waals surface area contributed by atoms with E-state index in [9.17, 15) is 4.79 Å². The van der Waals surface area contributed by atoms with Gasteiger partial charge in [0, 0.05) is 25.0 Å². The second kappa shape index (κ2) is 8.69. The van der Waals surface area contributed by atoms with Crippen LogP contribution in [0.3, 0.4) is 0 Å². The van der Waals surface area contributed by atoms with Crippen LogP contribution in [0.5, 0.6) is 0 Å². The Morgan fingerprint density at radius 3 is 2.70 bits per heavy atom. The number of aliphatic hydroxyl groups excluding tert-OH is 1. The number of hydrogen-bond acceptors (Lipinski definition) is 3. The minimum atomic E-state index is 0.0161. The molecule has 0 aliphatic heterocycles. The van der Waals surface area contributed by atoms with Crippen molar-refractivity contribution in [2.75, 3.05) is 13.2 Å². The summed E-state index contributed by atoms with van der Waals surface area (Å²) in [7, 11) is 0. The highest BCUT2D eigenvalue weighted by Gasteiger charge is 2.12. The van der Waals surface area contributed by atoms with Gasteiger partial charge in [0.25, 0.3) is 0 Å². The zero-order valence-electron chi connectivity index (χ0n) is 12.7. The van der Waals surface area contributed by atoms with Crippen LogP contribution in [0.2, 0.25) is 0 Å². The molecule has 1 aromatic heterocycles. The molecular formula is C16H26N2O2. The Morgan fingerprint density at radius 2 is 2.15 bits per heavy atom. The number of aromatic nitrogens is 1. The molecule has 0 fully saturated rings. The molecule has 0 aliphatic rings. The van der Waals surface area contributed by atoms with Crippen molar-refractivity contribution in [1.82, 2.24) is 10.3 Å². The number of carbonyl (C=O) groups is 1. The van der Waals surface area contributed by atoms with Crippen molar-refractivity contribution in [3.8, 4) is 0 Å². The van der Waals surface area contributed by atoms with Gasteiger partial charge in [-0.1, -0.05) is 19.9 Å². The largest absolute Gasteiger partial charge is 0.396 e. The molecule has 1 atom stereocenters. The SMILES string of the molecule is Cc1ccc(CC(=O)NCC(CCO)CC(C)C)cn1. The molecule has 1 rings (SSSR count). The highest BCUT2D eigenvalue weighted by Crippen LogP contribution is 2.14. The molecule has 0 bridgehead atoms. The van der Waals surface area contributed by atoms with E-state index in [1.807, 2.05) is 19.1 Å². The first kappa shape index (κ1) is 16.6. The maximum Gasteiger partial charge on any atom is 0.224 e. The number of nitrogens with one attached hydrogen (secondary N) is 1. The van der Waals surface area contributed by atoms with Crippen molar-refractivity contribution < 1.29 is 9.90 Å². The summed E-state index contributed by atoms with van der Waals surface area (Å²) in [6.07, 6.45) is 3.87. The van der Waals surface area contributed by atoms with Crippen molar-refractivity contribution in [3.63, 3.8) is 0 Å². The number of rotatable bonds is 8. The summed E-state index contributed by atoms with van der Waals surface area (Å²) in [5, 5.41) is 12.0. The van der Waals surface area contributed by atoms with Gasteiger partial charge < -0.3 is 10.4 Å². The Morgan fingerprint density at radius 1 is 1.40 bits per heavy atom. The van der Waals surface area contributed by atoms with Crippen LogP contribution in [0.4, 0.5) is 0 Å². The third kappa shape index (κ3) is 6.66. The number of aliphatic hydroxyl groups is 1. The van der Waals surface area contributed by atoms with Gasteiger partial charge in [-0.15, -0.1) is 0 Å². The first-order valence-corrected chi connectivity index (χ1v) is 7.30. The van der Waals surface area contributed by atoms with Gasteiger partial charge in [-0.05, 0) is 43.2 Å². The predicted octanol–water partition coefficient (Wildman–Crippen LogP) is 2.09. The van der Waals surface area contributed by atoms with Gasteiger partial charge in [0.2, 0.25) is 5.91 Å². The van der Waals surface area contributed by atoms with E-state index in [1.165, 1.54) is 0 Å². The third-order valence-electron chi connectivity index (χ3n) is 3.27. The van der Waals surface area contributed by atoms with Gasteiger partial charge in [-0.25, -0.2) is 0 Å². The van der Waals surface area contributed by atoms with Gasteiger partial charge in [0.1, 0.15) is 0 Å². The Labute approximate surface area is 121 Å². The second-order valence-corrected chi connectivity index (χ2v) is 5.80. The normalized spacial score (nSPS) is 12.4. The summed E-state index contributed by atoms with van der Waals surface area (Å²) in [5.41, 5.74) is 1.88. The molecule has 1 aromatic rings. The van der Waals surface area contributed by atoms with E-state index in [-0.39, 0.29) is 12.5 Å². The first-order valence-electron chi connectivity index (χ1n) is 7.30. The zero-order chi connectivity index (χ0) is 15.0. The van der Waals surface area contributed by atoms with E-state index in [0.29, 0.717) is 24.8 Å². The molecule has 0 aromatic carbocycles. The zero-order valence-corrected chi connectivity index (χ0v) is 12.7. The first-order chi connectivity index (χ1) is 9.51. The van der Waals surface area contributed by atoms with Crippen LogP contribution in [-0.2, 0) is 11.2 Å². The molecule has 0 saturated heterocycles. The number of carbonyl (C=O) groups excluding carboxylic acids is 1. The molecule has 4 nitrogen and oxygen atoms in total. The summed E-state index contributed by atoms with van der Waals surface area (Å²) in [6, 6.07) is 3.84. The van der Waals surface area contributed by atoms with E-state index >= 15 is 0 Å². The molecule has 2 N–H and O–H groups in total. The Hall–Kier alpha value is -1.42. The average molecular weight is 278 g/mol. The molecule has 112 valence electrons. The van der Waals surface area contributed by atoms with E-state index < -0.39 is 0 Å². The lowest BCUT2D eigenvalue weighted by Crippen LogP contribution is -2.31. The van der Waals surface area contributed by atoms with Crippen molar-refractivity contribution >= 4 is 5.91 Å². The average Bonchev–Trinajstić information content (AvgIpc) is 2.38. The van der Waals surface area contributed by atoms with E-state index in [4.69, 9.17) is 5.11 Å². The molecule has 0 saturated carbocycles. The van der Waals surface area contributed by atoms with Crippen LogP contribution in [0, 0.1) is 18.8 Å². The molecule has 1 amide bonds. The van der Waals surface area contributed by atoms with E-state index in [0.717, 1.165) is 24.1 Å². The predicted molar refractivity (Wildman–Crippen MR) is 80.3 cm³/mol. The molecular weight excluding hydrogens is 252 g/mol. The van der Waals surface area contributed by atoms with Crippen molar-refractivity contribution in [1.29, 1.82) is 0 Å². The summed E-state index contributed by atoms with van der Waals surface area (Å²) >= 11 is 0. The van der Waals surface area contributed by atoms with Crippen molar-refractivity contribution in [3.05, 3.63) is 29.6 Å². The lowest BCUT2D eigenvalue weighted by molar-refractivity contribution is -0.120. The fraction of sp³-hybridized carbons (Fsp3) is 0.625. The molecule has 0 spiro atoms. The molecule has 1 heterocycles. The maximum atomic E-state index is 11.9. The van der Waals surface area contributed by atoms with Crippen molar-refractivity contribution in [2.45, 2.75) is 40.0 Å². The number of amides is 1. The number of pyridine rings is 1. The summed E-state index contributed by atoms with van der Waals surface area (Å²) in [4.78, 5) is 16.1. The van der Waals surface area contributed by atoms with Crippen molar-refractivity contribution in [2.24, 2.45) is 11.8 Å². The smallest absolute Gasteiger partial charge is 0.224 e. The Bertz CT molecular complexity index is 401. The summed E-state index contributed by atoms with van der Waals surface area (Å²) < 4.78 is 0. The van der Waals surface area contributed by atoms with Crippen LogP contribution in [0.1, 0.15) is 37.9 Å². The lowest BCUT2D eigenvalue weighted by atomic mass is 9.94. The molecule has 4 heteroatoms. The van der Waals surface area contributed by atoms with Gasteiger partial charge in [0.15, 0.2) is 0 Å². The monoisotopic (exact) mass is 278 g/mol. The molecule has 0 radical (unpaired) electrons. The number of aryl methyl sites for hydroxylation is 1. The second-order valence-electron chi connectivity index (χ2n) is 5.80.